The molecule has 0 unspecified atom stereocenters. The smallest absolute Gasteiger partial charge is 0.175 e. The van der Waals surface area contributed by atoms with Crippen LogP contribution in [0.2, 0.25) is 0 Å². The van der Waals surface area contributed by atoms with E-state index in [-0.39, 0.29) is 0 Å². The van der Waals surface area contributed by atoms with Gasteiger partial charge >= 0.3 is 0 Å². The summed E-state index contributed by atoms with van der Waals surface area (Å²) in [7, 11) is 0. The number of benzene rings is 1. The molecular formula is C15H21BrN2O2. The van der Waals surface area contributed by atoms with Crippen molar-refractivity contribution in [3.8, 4) is 17.6 Å². The second-order valence-corrected chi connectivity index (χ2v) is 5.99. The Morgan fingerprint density at radius 3 is 2.60 bits per heavy atom. The number of halogens is 1. The number of nitrogens with zero attached hydrogens (tertiary/aromatic N) is 1. The Hall–Kier alpha value is -1.25. The number of rotatable bonds is 7. The minimum absolute atomic E-state index is 0.393. The van der Waals surface area contributed by atoms with Crippen molar-refractivity contribution in [3.63, 3.8) is 0 Å². The Kier molecular flexibility index (Phi) is 6.31. The molecule has 0 aliphatic heterocycles. The molecule has 0 atom stereocenters. The quantitative estimate of drug-likeness (QED) is 0.822. The highest BCUT2D eigenvalue weighted by atomic mass is 79.9. The third kappa shape index (κ3) is 4.69. The van der Waals surface area contributed by atoms with Crippen molar-refractivity contribution in [2.75, 3.05) is 13.2 Å². The molecule has 0 aliphatic carbocycles. The molecule has 0 amide bonds. The predicted molar refractivity (Wildman–Crippen MR) is 82.7 cm³/mol. The molecule has 0 saturated carbocycles. The highest BCUT2D eigenvalue weighted by molar-refractivity contribution is 9.10. The lowest BCUT2D eigenvalue weighted by Crippen LogP contribution is -2.13. The molecule has 1 aromatic carbocycles. The molecule has 2 N–H and O–H groups in total. The van der Waals surface area contributed by atoms with Gasteiger partial charge in [-0.1, -0.05) is 0 Å². The lowest BCUT2D eigenvalue weighted by atomic mass is 9.92. The molecular weight excluding hydrogens is 320 g/mol. The van der Waals surface area contributed by atoms with Gasteiger partial charge in [0, 0.05) is 6.54 Å². The van der Waals surface area contributed by atoms with Gasteiger partial charge in [0.1, 0.15) is 0 Å². The first-order valence-electron chi connectivity index (χ1n) is 6.63. The molecule has 5 heteroatoms. The summed E-state index contributed by atoms with van der Waals surface area (Å²) in [6, 6.07) is 6.07. The summed E-state index contributed by atoms with van der Waals surface area (Å²) in [5.41, 5.74) is 6.24. The van der Waals surface area contributed by atoms with Crippen LogP contribution in [-0.2, 0) is 6.54 Å². The maximum atomic E-state index is 9.00. The van der Waals surface area contributed by atoms with E-state index in [1.165, 1.54) is 0 Å². The summed E-state index contributed by atoms with van der Waals surface area (Å²) >= 11 is 3.48. The summed E-state index contributed by atoms with van der Waals surface area (Å²) in [5, 5.41) is 9.00. The van der Waals surface area contributed by atoms with Gasteiger partial charge < -0.3 is 15.2 Å². The Labute approximate surface area is 129 Å². The third-order valence-electron chi connectivity index (χ3n) is 2.88. The van der Waals surface area contributed by atoms with Gasteiger partial charge in [0.2, 0.25) is 0 Å². The van der Waals surface area contributed by atoms with Gasteiger partial charge in [0.15, 0.2) is 11.5 Å². The third-order valence-corrected chi connectivity index (χ3v) is 3.47. The lowest BCUT2D eigenvalue weighted by molar-refractivity contribution is 0.243. The van der Waals surface area contributed by atoms with Crippen LogP contribution in [-0.4, -0.2) is 13.2 Å². The molecule has 1 aromatic rings. The summed E-state index contributed by atoms with van der Waals surface area (Å²) in [6.45, 7) is 7.17. The van der Waals surface area contributed by atoms with Gasteiger partial charge in [0.05, 0.1) is 29.2 Å². The van der Waals surface area contributed by atoms with Crippen LogP contribution in [0.5, 0.6) is 11.5 Å². The molecule has 0 aromatic heterocycles. The Morgan fingerprint density at radius 1 is 1.35 bits per heavy atom. The average Bonchev–Trinajstić information content (AvgIpc) is 2.41. The topological polar surface area (TPSA) is 68.3 Å². The molecule has 0 radical (unpaired) electrons. The van der Waals surface area contributed by atoms with E-state index in [2.05, 4.69) is 22.0 Å². The van der Waals surface area contributed by atoms with Gasteiger partial charge in [-0.2, -0.15) is 5.26 Å². The van der Waals surface area contributed by atoms with Crippen molar-refractivity contribution in [1.29, 1.82) is 5.26 Å². The van der Waals surface area contributed by atoms with E-state index in [4.69, 9.17) is 20.5 Å². The van der Waals surface area contributed by atoms with E-state index < -0.39 is 5.41 Å². The molecule has 110 valence electrons. The Morgan fingerprint density at radius 2 is 2.05 bits per heavy atom. The monoisotopic (exact) mass is 340 g/mol. The zero-order chi connectivity index (χ0) is 15.2. The van der Waals surface area contributed by atoms with E-state index >= 15 is 0 Å². The summed E-state index contributed by atoms with van der Waals surface area (Å²) in [4.78, 5) is 0. The van der Waals surface area contributed by atoms with E-state index in [1.807, 2.05) is 32.9 Å². The molecule has 0 bridgehead atoms. The first kappa shape index (κ1) is 16.8. The fourth-order valence-corrected chi connectivity index (χ4v) is 2.21. The van der Waals surface area contributed by atoms with Gasteiger partial charge in [-0.05, 0) is 60.8 Å². The SMILES string of the molecule is CCOc1cc(CN)cc(Br)c1OCCC(C)(C)C#N. The van der Waals surface area contributed by atoms with E-state index in [1.54, 1.807) is 0 Å². The van der Waals surface area contributed by atoms with Crippen LogP contribution in [0.3, 0.4) is 0 Å². The molecule has 0 heterocycles. The Bertz CT molecular complexity index is 495. The van der Waals surface area contributed by atoms with Crippen LogP contribution in [0.1, 0.15) is 32.8 Å². The number of nitriles is 1. The molecule has 0 spiro atoms. The molecule has 0 aliphatic rings. The lowest BCUT2D eigenvalue weighted by Gasteiger charge is -2.18. The molecule has 0 saturated heterocycles. The summed E-state index contributed by atoms with van der Waals surface area (Å²) in [6.07, 6.45) is 0.653. The maximum absolute atomic E-state index is 9.00. The first-order chi connectivity index (χ1) is 9.43. The van der Waals surface area contributed by atoms with Crippen molar-refractivity contribution >= 4 is 15.9 Å². The van der Waals surface area contributed by atoms with Gasteiger partial charge in [-0.25, -0.2) is 0 Å². The number of ether oxygens (including phenoxy) is 2. The molecule has 20 heavy (non-hydrogen) atoms. The molecule has 1 rings (SSSR count). The van der Waals surface area contributed by atoms with Gasteiger partial charge in [-0.3, -0.25) is 0 Å². The van der Waals surface area contributed by atoms with Crippen LogP contribution >= 0.6 is 15.9 Å². The van der Waals surface area contributed by atoms with Crippen LogP contribution < -0.4 is 15.2 Å². The van der Waals surface area contributed by atoms with Crippen molar-refractivity contribution in [2.45, 2.75) is 33.7 Å². The fraction of sp³-hybridized carbons (Fsp3) is 0.533. The normalized spacial score (nSPS) is 11.0. The second kappa shape index (κ2) is 7.51. The largest absolute Gasteiger partial charge is 0.490 e. The molecule has 4 nitrogen and oxygen atoms in total. The van der Waals surface area contributed by atoms with Crippen LogP contribution in [0.25, 0.3) is 0 Å². The fourth-order valence-electron chi connectivity index (χ4n) is 1.61. The van der Waals surface area contributed by atoms with Crippen LogP contribution in [0.15, 0.2) is 16.6 Å². The van der Waals surface area contributed by atoms with Crippen molar-refractivity contribution in [3.05, 3.63) is 22.2 Å². The minimum atomic E-state index is -0.393. The van der Waals surface area contributed by atoms with E-state index in [0.717, 1.165) is 10.0 Å². The summed E-state index contributed by atoms with van der Waals surface area (Å²) < 4.78 is 12.2. The first-order valence-corrected chi connectivity index (χ1v) is 7.42. The standard InChI is InChI=1S/C15H21BrN2O2/c1-4-19-13-8-11(9-17)7-12(16)14(13)20-6-5-15(2,3)10-18/h7-8H,4-6,9,17H2,1-3H3. The second-order valence-electron chi connectivity index (χ2n) is 5.14. The number of hydrogen-bond donors (Lipinski definition) is 1. The minimum Gasteiger partial charge on any atom is -0.490 e. The Balaban J connectivity index is 2.85. The van der Waals surface area contributed by atoms with Gasteiger partial charge in [-0.15, -0.1) is 0 Å². The number of hydrogen-bond acceptors (Lipinski definition) is 4. The van der Waals surface area contributed by atoms with Crippen molar-refractivity contribution in [1.82, 2.24) is 0 Å². The summed E-state index contributed by atoms with van der Waals surface area (Å²) in [5.74, 6) is 1.34. The van der Waals surface area contributed by atoms with E-state index in [9.17, 15) is 0 Å². The van der Waals surface area contributed by atoms with Crippen LogP contribution in [0, 0.1) is 16.7 Å². The van der Waals surface area contributed by atoms with Crippen molar-refractivity contribution < 1.29 is 9.47 Å². The highest BCUT2D eigenvalue weighted by Crippen LogP contribution is 2.37. The zero-order valence-corrected chi connectivity index (χ0v) is 13.8. The molecule has 0 fully saturated rings. The zero-order valence-electron chi connectivity index (χ0n) is 12.2. The predicted octanol–water partition coefficient (Wildman–Crippen LogP) is 3.63. The number of nitrogens with two attached hydrogens (primary N) is 1. The van der Waals surface area contributed by atoms with E-state index in [0.29, 0.717) is 37.7 Å². The average molecular weight is 341 g/mol. The van der Waals surface area contributed by atoms with Crippen LogP contribution in [0.4, 0.5) is 0 Å². The highest BCUT2D eigenvalue weighted by Gasteiger charge is 2.18. The van der Waals surface area contributed by atoms with Crippen molar-refractivity contribution in [2.24, 2.45) is 11.1 Å². The maximum Gasteiger partial charge on any atom is 0.175 e. The van der Waals surface area contributed by atoms with Gasteiger partial charge in [0.25, 0.3) is 0 Å².